The molecule has 0 aromatic rings. The summed E-state index contributed by atoms with van der Waals surface area (Å²) in [5.74, 6) is 0.758. The highest BCUT2D eigenvalue weighted by Gasteiger charge is 2.19. The van der Waals surface area contributed by atoms with Crippen LogP contribution in [0.1, 0.15) is 26.7 Å². The van der Waals surface area contributed by atoms with Gasteiger partial charge in [-0.15, -0.1) is 0 Å². The lowest BCUT2D eigenvalue weighted by Gasteiger charge is -2.30. The second kappa shape index (κ2) is 6.54. The first-order valence-electron chi connectivity index (χ1n) is 6.12. The van der Waals surface area contributed by atoms with Gasteiger partial charge in [0.2, 0.25) is 0 Å². The molecule has 1 fully saturated rings. The summed E-state index contributed by atoms with van der Waals surface area (Å²) in [5, 5.41) is 6.94. The van der Waals surface area contributed by atoms with Gasteiger partial charge < -0.3 is 10.6 Å². The van der Waals surface area contributed by atoms with Crippen LogP contribution in [0.2, 0.25) is 0 Å². The van der Waals surface area contributed by atoms with Gasteiger partial charge in [0.25, 0.3) is 0 Å². The molecule has 2 N–H and O–H groups in total. The fourth-order valence-electron chi connectivity index (χ4n) is 2.15. The average Bonchev–Trinajstić information content (AvgIpc) is 2.35. The maximum Gasteiger partial charge on any atom is 0.0365 e. The molecule has 0 aromatic carbocycles. The second-order valence-corrected chi connectivity index (χ2v) is 4.53. The predicted octanol–water partition coefficient (Wildman–Crippen LogP) is 2.61. The Morgan fingerprint density at radius 1 is 1.31 bits per heavy atom. The number of rotatable bonds is 5. The normalized spacial score (nSPS) is 20.9. The fourth-order valence-corrected chi connectivity index (χ4v) is 2.15. The van der Waals surface area contributed by atoms with Crippen LogP contribution in [0.25, 0.3) is 0 Å². The van der Waals surface area contributed by atoms with Crippen LogP contribution in [-0.2, 0) is 0 Å². The minimum Gasteiger partial charge on any atom is -0.382 e. The lowest BCUT2D eigenvalue weighted by molar-refractivity contribution is 0.306. The minimum atomic E-state index is 0.505. The van der Waals surface area contributed by atoms with E-state index in [0.717, 1.165) is 30.3 Å². The highest BCUT2D eigenvalue weighted by atomic mass is 14.9. The molecule has 0 aromatic heterocycles. The van der Waals surface area contributed by atoms with Gasteiger partial charge in [-0.2, -0.15) is 0 Å². The molecule has 2 nitrogen and oxygen atoms in total. The van der Waals surface area contributed by atoms with Crippen LogP contribution >= 0.6 is 0 Å². The molecule has 16 heavy (non-hydrogen) atoms. The minimum absolute atomic E-state index is 0.505. The quantitative estimate of drug-likeness (QED) is 0.696. The molecule has 90 valence electrons. The summed E-state index contributed by atoms with van der Waals surface area (Å²) < 4.78 is 0. The van der Waals surface area contributed by atoms with Crippen molar-refractivity contribution in [3.63, 3.8) is 0 Å². The number of allylic oxidation sites excluding steroid dienone is 3. The Balaban J connectivity index is 2.57. The van der Waals surface area contributed by atoms with E-state index < -0.39 is 0 Å². The molecule has 0 bridgehead atoms. The molecule has 1 atom stereocenters. The van der Waals surface area contributed by atoms with Crippen molar-refractivity contribution in [1.29, 1.82) is 0 Å². The Kier molecular flexibility index (Phi) is 5.33. The fraction of sp³-hybridized carbons (Fsp3) is 0.571. The smallest absolute Gasteiger partial charge is 0.0365 e. The molecule has 0 amide bonds. The van der Waals surface area contributed by atoms with Gasteiger partial charge in [0, 0.05) is 11.7 Å². The molecule has 0 spiro atoms. The summed E-state index contributed by atoms with van der Waals surface area (Å²) in [4.78, 5) is 0. The summed E-state index contributed by atoms with van der Waals surface area (Å²) in [6.07, 6.45) is 6.27. The standard InChI is InChI=1S/C14H24N2/c1-5-11(3)14(6-2)16-12(4)13-7-9-15-10-8-13/h5-6,12-13,15-16H,1-2,7-10H2,3-4H3/b14-11+. The summed E-state index contributed by atoms with van der Waals surface area (Å²) >= 11 is 0. The summed E-state index contributed by atoms with van der Waals surface area (Å²) in [5.41, 5.74) is 2.27. The molecule has 0 saturated carbocycles. The van der Waals surface area contributed by atoms with Gasteiger partial charge in [-0.05, 0) is 57.3 Å². The van der Waals surface area contributed by atoms with E-state index in [1.54, 1.807) is 0 Å². The van der Waals surface area contributed by atoms with E-state index in [1.165, 1.54) is 12.8 Å². The van der Waals surface area contributed by atoms with E-state index in [4.69, 9.17) is 0 Å². The van der Waals surface area contributed by atoms with E-state index in [0.29, 0.717) is 6.04 Å². The van der Waals surface area contributed by atoms with Crippen LogP contribution in [0.5, 0.6) is 0 Å². The van der Waals surface area contributed by atoms with Crippen molar-refractivity contribution in [1.82, 2.24) is 10.6 Å². The van der Waals surface area contributed by atoms with Crippen molar-refractivity contribution in [2.24, 2.45) is 5.92 Å². The van der Waals surface area contributed by atoms with Gasteiger partial charge in [0.05, 0.1) is 0 Å². The van der Waals surface area contributed by atoms with E-state index >= 15 is 0 Å². The molecule has 1 saturated heterocycles. The van der Waals surface area contributed by atoms with Gasteiger partial charge in [-0.25, -0.2) is 0 Å². The van der Waals surface area contributed by atoms with E-state index in [-0.39, 0.29) is 0 Å². The third-order valence-corrected chi connectivity index (χ3v) is 3.41. The second-order valence-electron chi connectivity index (χ2n) is 4.53. The van der Waals surface area contributed by atoms with Crippen LogP contribution in [0, 0.1) is 5.92 Å². The van der Waals surface area contributed by atoms with Crippen LogP contribution in [0.15, 0.2) is 36.6 Å². The molecule has 1 heterocycles. The molecule has 1 aliphatic rings. The first kappa shape index (κ1) is 13.0. The van der Waals surface area contributed by atoms with Gasteiger partial charge >= 0.3 is 0 Å². The molecule has 0 aliphatic carbocycles. The first-order valence-corrected chi connectivity index (χ1v) is 6.12. The average molecular weight is 220 g/mol. The van der Waals surface area contributed by atoms with Crippen LogP contribution in [0.3, 0.4) is 0 Å². The number of hydrogen-bond donors (Lipinski definition) is 2. The van der Waals surface area contributed by atoms with Crippen LogP contribution in [-0.4, -0.2) is 19.1 Å². The number of piperidine rings is 1. The first-order chi connectivity index (χ1) is 7.69. The Morgan fingerprint density at radius 3 is 2.44 bits per heavy atom. The Morgan fingerprint density at radius 2 is 1.94 bits per heavy atom. The Bertz CT molecular complexity index is 272. The van der Waals surface area contributed by atoms with Gasteiger partial charge in [0.1, 0.15) is 0 Å². The summed E-state index contributed by atoms with van der Waals surface area (Å²) in [6, 6.07) is 0.505. The monoisotopic (exact) mass is 220 g/mol. The maximum atomic E-state index is 3.85. The highest BCUT2D eigenvalue weighted by molar-refractivity contribution is 5.28. The van der Waals surface area contributed by atoms with Gasteiger partial charge in [-0.1, -0.05) is 19.2 Å². The lowest BCUT2D eigenvalue weighted by Crippen LogP contribution is -2.39. The molecular weight excluding hydrogens is 196 g/mol. The van der Waals surface area contributed by atoms with Gasteiger partial charge in [-0.3, -0.25) is 0 Å². The molecule has 1 aliphatic heterocycles. The van der Waals surface area contributed by atoms with Crippen LogP contribution < -0.4 is 10.6 Å². The summed E-state index contributed by atoms with van der Waals surface area (Å²) in [7, 11) is 0. The largest absolute Gasteiger partial charge is 0.382 e. The van der Waals surface area contributed by atoms with Crippen molar-refractivity contribution in [3.05, 3.63) is 36.6 Å². The van der Waals surface area contributed by atoms with Crippen molar-refractivity contribution in [2.45, 2.75) is 32.7 Å². The van der Waals surface area contributed by atoms with Crippen molar-refractivity contribution in [3.8, 4) is 0 Å². The summed E-state index contributed by atoms with van der Waals surface area (Å²) in [6.45, 7) is 14.2. The topological polar surface area (TPSA) is 24.1 Å². The molecule has 0 radical (unpaired) electrons. The molecule has 2 heteroatoms. The van der Waals surface area contributed by atoms with Crippen molar-refractivity contribution < 1.29 is 0 Å². The lowest BCUT2D eigenvalue weighted by atomic mass is 9.91. The van der Waals surface area contributed by atoms with Crippen molar-refractivity contribution in [2.75, 3.05) is 13.1 Å². The van der Waals surface area contributed by atoms with E-state index in [2.05, 4.69) is 37.6 Å². The molecule has 1 rings (SSSR count). The zero-order valence-electron chi connectivity index (χ0n) is 10.6. The molecular formula is C14H24N2. The van der Waals surface area contributed by atoms with Crippen LogP contribution in [0.4, 0.5) is 0 Å². The van der Waals surface area contributed by atoms with E-state index in [1.807, 2.05) is 12.2 Å². The molecule has 1 unspecified atom stereocenters. The zero-order valence-corrected chi connectivity index (χ0v) is 10.6. The SMILES string of the molecule is C=C/C(C)=C(\C=C)NC(C)C1CCNCC1. The van der Waals surface area contributed by atoms with E-state index in [9.17, 15) is 0 Å². The predicted molar refractivity (Wildman–Crippen MR) is 71.3 cm³/mol. The maximum absolute atomic E-state index is 3.85. The van der Waals surface area contributed by atoms with Crippen molar-refractivity contribution >= 4 is 0 Å². The number of hydrogen-bond acceptors (Lipinski definition) is 2. The Labute approximate surface area is 99.5 Å². The van der Waals surface area contributed by atoms with Gasteiger partial charge in [0.15, 0.2) is 0 Å². The number of nitrogens with one attached hydrogen (secondary N) is 2. The zero-order chi connectivity index (χ0) is 12.0. The highest BCUT2D eigenvalue weighted by Crippen LogP contribution is 2.17. The third-order valence-electron chi connectivity index (χ3n) is 3.41. The third kappa shape index (κ3) is 3.53. The Hall–Kier alpha value is -1.02.